The van der Waals surface area contributed by atoms with Crippen LogP contribution in [-0.2, 0) is 4.79 Å². The third-order valence-corrected chi connectivity index (χ3v) is 4.11. The molecule has 0 aliphatic carbocycles. The molecule has 8 heteroatoms. The van der Waals surface area contributed by atoms with Crippen molar-refractivity contribution in [2.75, 3.05) is 10.6 Å². The quantitative estimate of drug-likeness (QED) is 0.734. The number of amides is 2. The molecule has 0 atom stereocenters. The lowest BCUT2D eigenvalue weighted by atomic mass is 10.2. The number of halogens is 1. The van der Waals surface area contributed by atoms with Crippen LogP contribution in [0.3, 0.4) is 0 Å². The Morgan fingerprint density at radius 3 is 2.69 bits per heavy atom. The van der Waals surface area contributed by atoms with Crippen LogP contribution in [0.25, 0.3) is 5.78 Å². The van der Waals surface area contributed by atoms with E-state index in [2.05, 4.69) is 20.6 Å². The van der Waals surface area contributed by atoms with Crippen LogP contribution in [0.4, 0.5) is 11.4 Å². The van der Waals surface area contributed by atoms with Crippen LogP contribution in [0.15, 0.2) is 36.7 Å². The Kier molecular flexibility index (Phi) is 4.90. The molecule has 134 valence electrons. The van der Waals surface area contributed by atoms with Gasteiger partial charge in [-0.05, 0) is 31.2 Å². The molecule has 2 aromatic heterocycles. The molecule has 2 amide bonds. The molecule has 0 saturated carbocycles. The summed E-state index contributed by atoms with van der Waals surface area (Å²) in [5.74, 6) is -0.146. The summed E-state index contributed by atoms with van der Waals surface area (Å²) in [7, 11) is 0. The number of aryl methyl sites for hydroxylation is 1. The summed E-state index contributed by atoms with van der Waals surface area (Å²) in [5.41, 5.74) is 1.99. The van der Waals surface area contributed by atoms with E-state index < -0.39 is 0 Å². The lowest BCUT2D eigenvalue weighted by Crippen LogP contribution is -2.18. The van der Waals surface area contributed by atoms with Crippen molar-refractivity contribution in [2.24, 2.45) is 5.92 Å². The molecular formula is C18H18ClN5O2. The third-order valence-electron chi connectivity index (χ3n) is 3.80. The monoisotopic (exact) mass is 371 g/mol. The lowest BCUT2D eigenvalue weighted by molar-refractivity contribution is -0.118. The molecule has 3 aromatic rings. The van der Waals surface area contributed by atoms with Crippen LogP contribution in [-0.4, -0.2) is 26.2 Å². The van der Waals surface area contributed by atoms with E-state index in [1.54, 1.807) is 61.8 Å². The molecule has 0 saturated heterocycles. The fourth-order valence-corrected chi connectivity index (χ4v) is 2.66. The smallest absolute Gasteiger partial charge is 0.274 e. The van der Waals surface area contributed by atoms with Crippen LogP contribution < -0.4 is 10.6 Å². The molecule has 0 aliphatic rings. The van der Waals surface area contributed by atoms with Gasteiger partial charge in [-0.15, -0.1) is 0 Å². The van der Waals surface area contributed by atoms with Gasteiger partial charge in [-0.25, -0.2) is 9.97 Å². The minimum absolute atomic E-state index is 0.127. The zero-order valence-corrected chi connectivity index (χ0v) is 15.3. The van der Waals surface area contributed by atoms with E-state index >= 15 is 0 Å². The molecule has 7 nitrogen and oxygen atoms in total. The number of fused-ring (bicyclic) bond motifs is 1. The second-order valence-corrected chi connectivity index (χ2v) is 6.54. The van der Waals surface area contributed by atoms with Crippen LogP contribution in [0.1, 0.15) is 30.0 Å². The van der Waals surface area contributed by atoms with E-state index in [0.717, 1.165) is 0 Å². The fraction of sp³-hybridized carbons (Fsp3) is 0.222. The van der Waals surface area contributed by atoms with Gasteiger partial charge in [0.15, 0.2) is 0 Å². The number of carbonyl (C=O) groups is 2. The fourth-order valence-electron chi connectivity index (χ4n) is 2.43. The van der Waals surface area contributed by atoms with E-state index in [1.165, 1.54) is 0 Å². The normalized spacial score (nSPS) is 11.0. The Morgan fingerprint density at radius 1 is 1.23 bits per heavy atom. The Labute approximate surface area is 155 Å². The van der Waals surface area contributed by atoms with Gasteiger partial charge in [0, 0.05) is 24.0 Å². The first-order chi connectivity index (χ1) is 12.4. The molecule has 2 heterocycles. The van der Waals surface area contributed by atoms with Gasteiger partial charge in [0.25, 0.3) is 5.91 Å². The summed E-state index contributed by atoms with van der Waals surface area (Å²) < 4.78 is 1.63. The topological polar surface area (TPSA) is 88.4 Å². The summed E-state index contributed by atoms with van der Waals surface area (Å²) in [6.45, 7) is 5.34. The van der Waals surface area contributed by atoms with Crippen LogP contribution in [0.5, 0.6) is 0 Å². The van der Waals surface area contributed by atoms with Crippen molar-refractivity contribution < 1.29 is 9.59 Å². The number of nitrogens with zero attached hydrogens (tertiary/aromatic N) is 3. The van der Waals surface area contributed by atoms with Crippen molar-refractivity contribution in [2.45, 2.75) is 20.8 Å². The average molecular weight is 372 g/mol. The molecule has 0 bridgehead atoms. The summed E-state index contributed by atoms with van der Waals surface area (Å²) in [6.07, 6.45) is 3.35. The maximum atomic E-state index is 12.7. The SMILES string of the molecule is Cc1nc2ncccn2c1C(=O)Nc1ccc(NC(=O)C(C)C)c(Cl)c1. The predicted molar refractivity (Wildman–Crippen MR) is 101 cm³/mol. The first-order valence-corrected chi connectivity index (χ1v) is 8.46. The van der Waals surface area contributed by atoms with Gasteiger partial charge in [0.05, 0.1) is 16.4 Å². The zero-order valence-electron chi connectivity index (χ0n) is 14.6. The van der Waals surface area contributed by atoms with Gasteiger partial charge < -0.3 is 10.6 Å². The summed E-state index contributed by atoms with van der Waals surface area (Å²) in [4.78, 5) is 32.9. The van der Waals surface area contributed by atoms with Crippen molar-refractivity contribution in [3.8, 4) is 0 Å². The number of imidazole rings is 1. The first kappa shape index (κ1) is 17.9. The minimum atomic E-state index is -0.321. The molecule has 0 fully saturated rings. The molecule has 26 heavy (non-hydrogen) atoms. The summed E-state index contributed by atoms with van der Waals surface area (Å²) in [5, 5.41) is 5.88. The second kappa shape index (κ2) is 7.13. The predicted octanol–water partition coefficient (Wildman–Crippen LogP) is 3.54. The highest BCUT2D eigenvalue weighted by molar-refractivity contribution is 6.34. The number of rotatable bonds is 4. The van der Waals surface area contributed by atoms with Crippen molar-refractivity contribution in [3.05, 3.63) is 53.1 Å². The maximum Gasteiger partial charge on any atom is 0.274 e. The van der Waals surface area contributed by atoms with Crippen molar-refractivity contribution in [1.82, 2.24) is 14.4 Å². The molecular weight excluding hydrogens is 354 g/mol. The maximum absolute atomic E-state index is 12.7. The van der Waals surface area contributed by atoms with E-state index in [9.17, 15) is 9.59 Å². The van der Waals surface area contributed by atoms with E-state index in [-0.39, 0.29) is 17.7 Å². The van der Waals surface area contributed by atoms with E-state index in [1.807, 2.05) is 0 Å². The number of hydrogen-bond donors (Lipinski definition) is 2. The Balaban J connectivity index is 1.82. The molecule has 0 radical (unpaired) electrons. The van der Waals surface area contributed by atoms with Gasteiger partial charge in [-0.3, -0.25) is 14.0 Å². The van der Waals surface area contributed by atoms with Gasteiger partial charge in [-0.1, -0.05) is 25.4 Å². The Hall–Kier alpha value is -2.93. The number of anilines is 2. The molecule has 0 aliphatic heterocycles. The Morgan fingerprint density at radius 2 is 2.00 bits per heavy atom. The lowest BCUT2D eigenvalue weighted by Gasteiger charge is -2.11. The standard InChI is InChI=1S/C18H18ClN5O2/c1-10(2)16(25)23-14-6-5-12(9-13(14)19)22-17(26)15-11(3)21-18-20-7-4-8-24(15)18/h4-10H,1-3H3,(H,22,26)(H,23,25). The first-order valence-electron chi connectivity index (χ1n) is 8.08. The van der Waals surface area contributed by atoms with Gasteiger partial charge in [-0.2, -0.15) is 0 Å². The highest BCUT2D eigenvalue weighted by Crippen LogP contribution is 2.26. The summed E-state index contributed by atoms with van der Waals surface area (Å²) in [6, 6.07) is 6.65. The number of benzene rings is 1. The van der Waals surface area contributed by atoms with Gasteiger partial charge >= 0.3 is 0 Å². The molecule has 3 rings (SSSR count). The number of nitrogens with one attached hydrogen (secondary N) is 2. The molecule has 1 aromatic carbocycles. The molecule has 0 spiro atoms. The second-order valence-electron chi connectivity index (χ2n) is 6.13. The minimum Gasteiger partial charge on any atom is -0.325 e. The molecule has 2 N–H and O–H groups in total. The number of carbonyl (C=O) groups excluding carboxylic acids is 2. The zero-order chi connectivity index (χ0) is 18.8. The number of hydrogen-bond acceptors (Lipinski definition) is 4. The van der Waals surface area contributed by atoms with Crippen LogP contribution in [0.2, 0.25) is 5.02 Å². The van der Waals surface area contributed by atoms with Crippen molar-refractivity contribution in [1.29, 1.82) is 0 Å². The highest BCUT2D eigenvalue weighted by atomic mass is 35.5. The van der Waals surface area contributed by atoms with Gasteiger partial charge in [0.1, 0.15) is 5.69 Å². The van der Waals surface area contributed by atoms with Crippen LogP contribution >= 0.6 is 11.6 Å². The van der Waals surface area contributed by atoms with E-state index in [4.69, 9.17) is 11.6 Å². The largest absolute Gasteiger partial charge is 0.325 e. The van der Waals surface area contributed by atoms with Crippen molar-refractivity contribution >= 4 is 40.6 Å². The summed E-state index contributed by atoms with van der Waals surface area (Å²) >= 11 is 6.22. The molecule has 0 unspecified atom stereocenters. The van der Waals surface area contributed by atoms with Gasteiger partial charge in [0.2, 0.25) is 11.7 Å². The average Bonchev–Trinajstić information content (AvgIpc) is 2.92. The number of aromatic nitrogens is 3. The Bertz CT molecular complexity index is 996. The van der Waals surface area contributed by atoms with E-state index in [0.29, 0.717) is 33.6 Å². The van der Waals surface area contributed by atoms with Crippen LogP contribution in [0, 0.1) is 12.8 Å². The van der Waals surface area contributed by atoms with Crippen molar-refractivity contribution in [3.63, 3.8) is 0 Å². The highest BCUT2D eigenvalue weighted by Gasteiger charge is 2.18. The third kappa shape index (κ3) is 3.52.